The number of rotatable bonds is 10. The number of aromatic nitrogens is 2. The van der Waals surface area contributed by atoms with Crippen molar-refractivity contribution in [3.63, 3.8) is 0 Å². The second kappa shape index (κ2) is 11.9. The molecule has 2 unspecified atom stereocenters. The maximum atomic E-state index is 12.9. The number of nitriles is 1. The van der Waals surface area contributed by atoms with Crippen LogP contribution in [0, 0.1) is 11.3 Å². The first kappa shape index (κ1) is 25.5. The van der Waals surface area contributed by atoms with Crippen LogP contribution in [0.5, 0.6) is 5.75 Å². The van der Waals surface area contributed by atoms with E-state index in [-0.39, 0.29) is 24.2 Å². The molecule has 188 valence electrons. The van der Waals surface area contributed by atoms with Gasteiger partial charge in [-0.05, 0) is 42.0 Å². The molecule has 8 nitrogen and oxygen atoms in total. The van der Waals surface area contributed by atoms with Gasteiger partial charge in [0, 0.05) is 54.5 Å². The second-order valence-electron chi connectivity index (χ2n) is 9.01. The second-order valence-corrected chi connectivity index (χ2v) is 10.2. The van der Waals surface area contributed by atoms with Crippen molar-refractivity contribution in [3.8, 4) is 11.8 Å². The topological polar surface area (TPSA) is 106 Å². The standard InChI is InChI=1S/C27H30N4O4S/c1-18(19-4-3-5-21(13-19)34-2)12-20(32)14-25-24(16-28)23-7-6-22(15-26(23)36-25)35-27(33)30-9-11-31-10-8-29-17-31/h3-5,8,10,13,17-18,22H,6-7,9,11-12,14-15H2,1-2H3,(H,30,33). The number of alkyl carbamates (subject to hydrolysis) is 1. The van der Waals surface area contributed by atoms with Crippen LogP contribution in [0.2, 0.25) is 0 Å². The van der Waals surface area contributed by atoms with Crippen LogP contribution in [0.1, 0.15) is 52.1 Å². The molecule has 0 aliphatic heterocycles. The third kappa shape index (κ3) is 6.32. The summed E-state index contributed by atoms with van der Waals surface area (Å²) >= 11 is 1.51. The van der Waals surface area contributed by atoms with E-state index in [0.717, 1.165) is 26.6 Å². The minimum absolute atomic E-state index is 0.0535. The van der Waals surface area contributed by atoms with Gasteiger partial charge in [-0.2, -0.15) is 5.26 Å². The highest BCUT2D eigenvalue weighted by Crippen LogP contribution is 2.36. The monoisotopic (exact) mass is 506 g/mol. The number of methoxy groups -OCH3 is 1. The van der Waals surface area contributed by atoms with Gasteiger partial charge in [0.15, 0.2) is 0 Å². The zero-order valence-electron chi connectivity index (χ0n) is 20.5. The Bertz CT molecular complexity index is 1250. The number of carbonyl (C=O) groups is 2. The summed E-state index contributed by atoms with van der Waals surface area (Å²) in [6.07, 6.45) is 7.07. The molecule has 1 N–H and O–H groups in total. The number of amides is 1. The van der Waals surface area contributed by atoms with Gasteiger partial charge < -0.3 is 19.4 Å². The first-order valence-electron chi connectivity index (χ1n) is 12.1. The molecule has 9 heteroatoms. The third-order valence-electron chi connectivity index (χ3n) is 6.43. The zero-order valence-corrected chi connectivity index (χ0v) is 21.3. The van der Waals surface area contributed by atoms with Crippen molar-refractivity contribution in [2.75, 3.05) is 13.7 Å². The summed E-state index contributed by atoms with van der Waals surface area (Å²) in [6, 6.07) is 10.1. The maximum absolute atomic E-state index is 12.9. The Balaban J connectivity index is 1.32. The van der Waals surface area contributed by atoms with Gasteiger partial charge in [-0.1, -0.05) is 19.1 Å². The first-order chi connectivity index (χ1) is 17.5. The van der Waals surface area contributed by atoms with E-state index in [2.05, 4.69) is 16.4 Å². The van der Waals surface area contributed by atoms with Crippen LogP contribution in [0.4, 0.5) is 4.79 Å². The molecule has 4 rings (SSSR count). The Labute approximate surface area is 214 Å². The fourth-order valence-corrected chi connectivity index (χ4v) is 5.92. The molecule has 1 aliphatic rings. The molecule has 0 radical (unpaired) electrons. The lowest BCUT2D eigenvalue weighted by atomic mass is 9.91. The van der Waals surface area contributed by atoms with Crippen LogP contribution >= 0.6 is 11.3 Å². The first-order valence-corrected chi connectivity index (χ1v) is 12.9. The molecule has 0 fully saturated rings. The molecule has 3 aromatic rings. The summed E-state index contributed by atoms with van der Waals surface area (Å²) in [5.41, 5.74) is 2.68. The van der Waals surface area contributed by atoms with Crippen molar-refractivity contribution in [1.29, 1.82) is 5.26 Å². The van der Waals surface area contributed by atoms with Gasteiger partial charge in [0.25, 0.3) is 0 Å². The molecule has 2 aromatic heterocycles. The summed E-state index contributed by atoms with van der Waals surface area (Å²) in [6.45, 7) is 3.10. The van der Waals surface area contributed by atoms with E-state index in [1.807, 2.05) is 42.0 Å². The zero-order chi connectivity index (χ0) is 25.5. The van der Waals surface area contributed by atoms with Crippen LogP contribution in [0.15, 0.2) is 43.0 Å². The van der Waals surface area contributed by atoms with Crippen LogP contribution in [0.3, 0.4) is 0 Å². The number of nitrogens with zero attached hydrogens (tertiary/aromatic N) is 3. The Kier molecular flexibility index (Phi) is 8.39. The predicted molar refractivity (Wildman–Crippen MR) is 136 cm³/mol. The Morgan fingerprint density at radius 1 is 1.39 bits per heavy atom. The van der Waals surface area contributed by atoms with Crippen molar-refractivity contribution >= 4 is 23.2 Å². The molecule has 2 heterocycles. The Hall–Kier alpha value is -3.64. The molecule has 1 aliphatic carbocycles. The van der Waals surface area contributed by atoms with E-state index in [1.54, 1.807) is 19.6 Å². The number of nitrogens with one attached hydrogen (secondary N) is 1. The number of Topliss-reactive ketones (excluding diaryl/α,β-unsaturated/α-hetero) is 1. The van der Waals surface area contributed by atoms with E-state index in [0.29, 0.717) is 44.3 Å². The molecule has 1 aromatic carbocycles. The minimum Gasteiger partial charge on any atom is -0.497 e. The average Bonchev–Trinajstić information content (AvgIpc) is 3.50. The molecule has 0 saturated heterocycles. The largest absolute Gasteiger partial charge is 0.497 e. The van der Waals surface area contributed by atoms with Gasteiger partial charge in [0.2, 0.25) is 0 Å². The number of hydrogen-bond acceptors (Lipinski definition) is 7. The van der Waals surface area contributed by atoms with Gasteiger partial charge in [-0.3, -0.25) is 4.79 Å². The average molecular weight is 507 g/mol. The normalized spacial score (nSPS) is 15.4. The number of hydrogen-bond donors (Lipinski definition) is 1. The maximum Gasteiger partial charge on any atom is 0.407 e. The molecule has 0 saturated carbocycles. The summed E-state index contributed by atoms with van der Waals surface area (Å²) < 4.78 is 12.8. The fraction of sp³-hybridized carbons (Fsp3) is 0.407. The van der Waals surface area contributed by atoms with Crippen molar-refractivity contribution in [2.24, 2.45) is 0 Å². The van der Waals surface area contributed by atoms with Gasteiger partial charge in [-0.25, -0.2) is 9.78 Å². The number of ether oxygens (including phenoxy) is 2. The van der Waals surface area contributed by atoms with Crippen LogP contribution in [-0.4, -0.2) is 41.2 Å². The van der Waals surface area contributed by atoms with Crippen molar-refractivity contribution in [2.45, 2.75) is 57.6 Å². The quantitative estimate of drug-likeness (QED) is 0.436. The summed E-state index contributed by atoms with van der Waals surface area (Å²) in [4.78, 5) is 31.0. The smallest absolute Gasteiger partial charge is 0.407 e. The molecule has 1 amide bonds. The Morgan fingerprint density at radius 3 is 3.00 bits per heavy atom. The fourth-order valence-electron chi connectivity index (χ4n) is 4.53. The number of carbonyl (C=O) groups excluding carboxylic acids is 2. The van der Waals surface area contributed by atoms with E-state index >= 15 is 0 Å². The lowest BCUT2D eigenvalue weighted by Gasteiger charge is -2.22. The van der Waals surface area contributed by atoms with Gasteiger partial charge >= 0.3 is 6.09 Å². The van der Waals surface area contributed by atoms with E-state index in [9.17, 15) is 14.9 Å². The van der Waals surface area contributed by atoms with Gasteiger partial charge in [0.05, 0.1) is 19.0 Å². The summed E-state index contributed by atoms with van der Waals surface area (Å²) in [5, 5.41) is 12.6. The van der Waals surface area contributed by atoms with Crippen molar-refractivity contribution < 1.29 is 19.1 Å². The van der Waals surface area contributed by atoms with Crippen molar-refractivity contribution in [3.05, 3.63) is 69.4 Å². The number of fused-ring (bicyclic) bond motifs is 1. The molecular weight excluding hydrogens is 476 g/mol. The van der Waals surface area contributed by atoms with Gasteiger partial charge in [-0.15, -0.1) is 11.3 Å². The van der Waals surface area contributed by atoms with Crippen LogP contribution in [-0.2, 0) is 35.3 Å². The SMILES string of the molecule is COc1cccc(C(C)CC(=O)Cc2sc3c(c2C#N)CCC(OC(=O)NCCn2ccnc2)C3)c1. The van der Waals surface area contributed by atoms with Crippen molar-refractivity contribution in [1.82, 2.24) is 14.9 Å². The lowest BCUT2D eigenvalue weighted by molar-refractivity contribution is -0.118. The number of thiophene rings is 1. The highest BCUT2D eigenvalue weighted by molar-refractivity contribution is 7.12. The number of ketones is 1. The van der Waals surface area contributed by atoms with Gasteiger partial charge in [0.1, 0.15) is 23.7 Å². The number of imidazole rings is 1. The van der Waals surface area contributed by atoms with E-state index < -0.39 is 6.09 Å². The minimum atomic E-state index is -0.442. The number of benzene rings is 1. The Morgan fingerprint density at radius 2 is 2.25 bits per heavy atom. The molecule has 36 heavy (non-hydrogen) atoms. The summed E-state index contributed by atoms with van der Waals surface area (Å²) in [5.74, 6) is 0.927. The molecule has 0 spiro atoms. The van der Waals surface area contributed by atoms with Crippen LogP contribution < -0.4 is 10.1 Å². The lowest BCUT2D eigenvalue weighted by Crippen LogP contribution is -2.33. The molecule has 0 bridgehead atoms. The third-order valence-corrected chi connectivity index (χ3v) is 7.69. The van der Waals surface area contributed by atoms with E-state index in [1.165, 1.54) is 11.3 Å². The highest BCUT2D eigenvalue weighted by Gasteiger charge is 2.28. The van der Waals surface area contributed by atoms with E-state index in [4.69, 9.17) is 9.47 Å². The molecular formula is C27H30N4O4S. The highest BCUT2D eigenvalue weighted by atomic mass is 32.1. The van der Waals surface area contributed by atoms with Crippen LogP contribution in [0.25, 0.3) is 0 Å². The molecule has 2 atom stereocenters. The summed E-state index contributed by atoms with van der Waals surface area (Å²) in [7, 11) is 1.63. The predicted octanol–water partition coefficient (Wildman–Crippen LogP) is 4.41.